The molecule has 1 amide bonds. The number of H-pyrrole nitrogens is 1. The van der Waals surface area contributed by atoms with E-state index in [9.17, 15) is 13.2 Å². The predicted molar refractivity (Wildman–Crippen MR) is 119 cm³/mol. The van der Waals surface area contributed by atoms with Gasteiger partial charge in [-0.3, -0.25) is 9.69 Å². The molecule has 0 bridgehead atoms. The molecule has 162 valence electrons. The summed E-state index contributed by atoms with van der Waals surface area (Å²) in [6, 6.07) is 10.4. The van der Waals surface area contributed by atoms with Crippen molar-refractivity contribution in [1.29, 1.82) is 0 Å². The molecule has 1 aromatic heterocycles. The van der Waals surface area contributed by atoms with E-state index in [0.717, 1.165) is 42.5 Å². The number of carbonyl (C=O) groups excluding carboxylic acids is 1. The number of piperazine rings is 1. The van der Waals surface area contributed by atoms with Gasteiger partial charge in [-0.2, -0.15) is 0 Å². The number of aryl methyl sites for hydroxylation is 1. The molecule has 2 saturated heterocycles. The molecule has 3 heterocycles. The maximum Gasteiger partial charge on any atom is 0.233 e. The third kappa shape index (κ3) is 5.25. The van der Waals surface area contributed by atoms with E-state index in [4.69, 9.17) is 0 Å². The molecule has 2 aliphatic heterocycles. The van der Waals surface area contributed by atoms with Crippen molar-refractivity contribution in [2.45, 2.75) is 31.0 Å². The van der Waals surface area contributed by atoms with Gasteiger partial charge in [0.25, 0.3) is 0 Å². The molecular formula is C21H28N4O3S2. The Hall–Kier alpha value is -1.84. The summed E-state index contributed by atoms with van der Waals surface area (Å²) in [7, 11) is -2.87. The number of hydrogen-bond donors (Lipinski definition) is 1. The van der Waals surface area contributed by atoms with Gasteiger partial charge in [0.1, 0.15) is 0 Å². The van der Waals surface area contributed by atoms with Crippen LogP contribution < -0.4 is 0 Å². The Morgan fingerprint density at radius 2 is 1.93 bits per heavy atom. The number of thioether (sulfide) groups is 1. The van der Waals surface area contributed by atoms with Gasteiger partial charge < -0.3 is 9.88 Å². The van der Waals surface area contributed by atoms with Crippen LogP contribution in [0.25, 0.3) is 0 Å². The highest BCUT2D eigenvalue weighted by Gasteiger charge is 2.34. The van der Waals surface area contributed by atoms with Gasteiger partial charge in [0.05, 0.1) is 23.0 Å². The lowest BCUT2D eigenvalue weighted by Gasteiger charge is -2.37. The topological polar surface area (TPSA) is 86.4 Å². The zero-order valence-electron chi connectivity index (χ0n) is 17.2. The number of aromatic nitrogens is 2. The minimum Gasteiger partial charge on any atom is -0.339 e. The fourth-order valence-electron chi connectivity index (χ4n) is 4.12. The molecule has 9 heteroatoms. The van der Waals surface area contributed by atoms with Crippen LogP contribution in [0.4, 0.5) is 0 Å². The first-order valence-electron chi connectivity index (χ1n) is 10.3. The number of amides is 1. The largest absolute Gasteiger partial charge is 0.339 e. The summed E-state index contributed by atoms with van der Waals surface area (Å²) >= 11 is 1.44. The van der Waals surface area contributed by atoms with Gasteiger partial charge in [0, 0.05) is 44.3 Å². The molecule has 7 nitrogen and oxygen atoms in total. The van der Waals surface area contributed by atoms with Gasteiger partial charge in [0.2, 0.25) is 5.91 Å². The highest BCUT2D eigenvalue weighted by atomic mass is 32.2. The molecule has 0 unspecified atom stereocenters. The van der Waals surface area contributed by atoms with Gasteiger partial charge in [0.15, 0.2) is 15.0 Å². The normalized spacial score (nSPS) is 21.8. The quantitative estimate of drug-likeness (QED) is 0.678. The summed E-state index contributed by atoms with van der Waals surface area (Å²) in [6.07, 6.45) is 1.49. The van der Waals surface area contributed by atoms with Crippen molar-refractivity contribution in [1.82, 2.24) is 19.8 Å². The van der Waals surface area contributed by atoms with Crippen LogP contribution in [0, 0.1) is 6.92 Å². The van der Waals surface area contributed by atoms with Crippen molar-refractivity contribution >= 4 is 27.5 Å². The van der Waals surface area contributed by atoms with E-state index >= 15 is 0 Å². The summed E-state index contributed by atoms with van der Waals surface area (Å²) in [5.74, 6) is 1.02. The summed E-state index contributed by atoms with van der Waals surface area (Å²) in [6.45, 7) is 4.83. The average molecular weight is 449 g/mol. The Labute approximate surface area is 182 Å². The molecule has 1 N–H and O–H groups in total. The fraction of sp³-hybridized carbons (Fsp3) is 0.524. The summed E-state index contributed by atoms with van der Waals surface area (Å²) in [5.41, 5.74) is 3.26. The number of aromatic amines is 1. The van der Waals surface area contributed by atoms with Crippen molar-refractivity contribution in [3.8, 4) is 0 Å². The Morgan fingerprint density at radius 1 is 1.20 bits per heavy atom. The van der Waals surface area contributed by atoms with E-state index in [2.05, 4.69) is 27.0 Å². The van der Waals surface area contributed by atoms with Crippen molar-refractivity contribution in [2.75, 3.05) is 43.4 Å². The third-order valence-corrected chi connectivity index (χ3v) is 8.51. The lowest BCUT2D eigenvalue weighted by molar-refractivity contribution is -0.130. The van der Waals surface area contributed by atoms with E-state index in [-0.39, 0.29) is 17.7 Å². The van der Waals surface area contributed by atoms with Crippen molar-refractivity contribution < 1.29 is 13.2 Å². The zero-order valence-corrected chi connectivity index (χ0v) is 18.8. The van der Waals surface area contributed by atoms with E-state index < -0.39 is 9.84 Å². The van der Waals surface area contributed by atoms with Crippen molar-refractivity contribution in [2.24, 2.45) is 0 Å². The van der Waals surface area contributed by atoms with E-state index in [1.165, 1.54) is 17.3 Å². The van der Waals surface area contributed by atoms with E-state index in [1.54, 1.807) is 0 Å². The van der Waals surface area contributed by atoms with Gasteiger partial charge in [-0.05, 0) is 18.9 Å². The smallest absolute Gasteiger partial charge is 0.233 e. The van der Waals surface area contributed by atoms with Crippen LogP contribution in [-0.4, -0.2) is 83.6 Å². The first-order chi connectivity index (χ1) is 14.4. The molecule has 4 rings (SSSR count). The molecule has 30 heavy (non-hydrogen) atoms. The minimum atomic E-state index is -2.87. The fourth-order valence-corrected chi connectivity index (χ4v) is 6.72. The SMILES string of the molecule is Cc1[nH]c(SCC(=O)N2CCN([C@@H]3CCS(=O)(=O)C3)CC2)nc1Cc1ccccc1. The molecule has 1 atom stereocenters. The number of nitrogens with one attached hydrogen (secondary N) is 1. The number of hydrogen-bond acceptors (Lipinski definition) is 6. The summed E-state index contributed by atoms with van der Waals surface area (Å²) in [5, 5.41) is 0.779. The van der Waals surface area contributed by atoms with Gasteiger partial charge in [-0.15, -0.1) is 0 Å². The number of carbonyl (C=O) groups is 1. The lowest BCUT2D eigenvalue weighted by Crippen LogP contribution is -2.52. The first-order valence-corrected chi connectivity index (χ1v) is 13.1. The summed E-state index contributed by atoms with van der Waals surface area (Å²) < 4.78 is 23.4. The number of sulfone groups is 1. The number of rotatable bonds is 6. The lowest BCUT2D eigenvalue weighted by atomic mass is 10.1. The molecule has 2 aromatic rings. The molecule has 1 aromatic carbocycles. The van der Waals surface area contributed by atoms with Crippen LogP contribution in [0.2, 0.25) is 0 Å². The van der Waals surface area contributed by atoms with Gasteiger partial charge in [-0.25, -0.2) is 13.4 Å². The summed E-state index contributed by atoms with van der Waals surface area (Å²) in [4.78, 5) is 24.7. The number of benzene rings is 1. The Morgan fingerprint density at radius 3 is 2.60 bits per heavy atom. The van der Waals surface area contributed by atoms with Gasteiger partial charge in [-0.1, -0.05) is 42.1 Å². The second kappa shape index (κ2) is 9.11. The van der Waals surface area contributed by atoms with Crippen molar-refractivity contribution in [3.05, 3.63) is 47.3 Å². The van der Waals surface area contributed by atoms with Crippen LogP contribution in [0.5, 0.6) is 0 Å². The van der Waals surface area contributed by atoms with Crippen LogP contribution in [0.3, 0.4) is 0 Å². The van der Waals surface area contributed by atoms with Crippen molar-refractivity contribution in [3.63, 3.8) is 0 Å². The van der Waals surface area contributed by atoms with E-state index in [0.29, 0.717) is 24.6 Å². The highest BCUT2D eigenvalue weighted by Crippen LogP contribution is 2.21. The molecule has 0 radical (unpaired) electrons. The molecule has 2 fully saturated rings. The van der Waals surface area contributed by atoms with Crippen LogP contribution in [0.15, 0.2) is 35.5 Å². The maximum absolute atomic E-state index is 12.6. The van der Waals surface area contributed by atoms with Crippen LogP contribution in [0.1, 0.15) is 23.4 Å². The molecule has 0 aliphatic carbocycles. The highest BCUT2D eigenvalue weighted by molar-refractivity contribution is 7.99. The predicted octanol–water partition coefficient (Wildman–Crippen LogP) is 1.73. The van der Waals surface area contributed by atoms with Gasteiger partial charge >= 0.3 is 0 Å². The minimum absolute atomic E-state index is 0.109. The molecule has 0 saturated carbocycles. The standard InChI is InChI=1S/C21H28N4O3S2/c1-16-19(13-17-5-3-2-4-6-17)23-21(22-16)29-14-20(26)25-10-8-24(9-11-25)18-7-12-30(27,28)15-18/h2-6,18H,7-15H2,1H3,(H,22,23)/t18-/m1/s1. The second-order valence-electron chi connectivity index (χ2n) is 8.04. The van der Waals surface area contributed by atoms with Crippen LogP contribution in [-0.2, 0) is 21.1 Å². The third-order valence-electron chi connectivity index (χ3n) is 5.90. The number of nitrogens with zero attached hydrogens (tertiary/aromatic N) is 3. The molecule has 0 spiro atoms. The average Bonchev–Trinajstić information content (AvgIpc) is 3.28. The maximum atomic E-state index is 12.6. The zero-order chi connectivity index (χ0) is 21.1. The number of imidazole rings is 1. The Balaban J connectivity index is 1.25. The van der Waals surface area contributed by atoms with E-state index in [1.807, 2.05) is 30.0 Å². The second-order valence-corrected chi connectivity index (χ2v) is 11.2. The monoisotopic (exact) mass is 448 g/mol. The molecule has 2 aliphatic rings. The Bertz CT molecular complexity index is 983. The molecular weight excluding hydrogens is 420 g/mol. The first kappa shape index (κ1) is 21.4. The Kier molecular flexibility index (Phi) is 6.50. The van der Waals surface area contributed by atoms with Crippen LogP contribution >= 0.6 is 11.8 Å².